The van der Waals surface area contributed by atoms with Crippen LogP contribution >= 0.6 is 0 Å². The third-order valence-electron chi connectivity index (χ3n) is 3.55. The number of hydrogen-bond donors (Lipinski definition) is 2. The molecule has 18 heavy (non-hydrogen) atoms. The molecule has 5 heteroatoms. The van der Waals surface area contributed by atoms with E-state index < -0.39 is 18.0 Å². The Labute approximate surface area is 106 Å². The van der Waals surface area contributed by atoms with Crippen molar-refractivity contribution in [2.45, 2.75) is 51.0 Å². The first-order valence-electron chi connectivity index (χ1n) is 6.44. The predicted octanol–water partition coefficient (Wildman–Crippen LogP) is 1.18. The molecule has 0 spiro atoms. The molecule has 5 nitrogen and oxygen atoms in total. The summed E-state index contributed by atoms with van der Waals surface area (Å²) in [6.45, 7) is 0. The highest BCUT2D eigenvalue weighted by atomic mass is 16.4. The molecule has 1 fully saturated rings. The number of aliphatic carboxylic acids is 1. The zero-order valence-corrected chi connectivity index (χ0v) is 10.4. The molecule has 0 aromatic carbocycles. The first-order valence-corrected chi connectivity index (χ1v) is 6.44. The number of hydrogen-bond acceptors (Lipinski definition) is 4. The summed E-state index contributed by atoms with van der Waals surface area (Å²) in [5.74, 6) is -1.69. The molecule has 0 aromatic heterocycles. The van der Waals surface area contributed by atoms with Crippen LogP contribution in [0.3, 0.4) is 0 Å². The van der Waals surface area contributed by atoms with Crippen molar-refractivity contribution in [1.82, 2.24) is 0 Å². The lowest BCUT2D eigenvalue weighted by Crippen LogP contribution is -2.21. The van der Waals surface area contributed by atoms with Gasteiger partial charge in [0.2, 0.25) is 0 Å². The van der Waals surface area contributed by atoms with Crippen molar-refractivity contribution in [3.05, 3.63) is 0 Å². The van der Waals surface area contributed by atoms with E-state index in [0.29, 0.717) is 19.1 Å². The zero-order chi connectivity index (χ0) is 13.5. The largest absolute Gasteiger partial charge is 0.481 e. The van der Waals surface area contributed by atoms with Crippen LogP contribution in [-0.4, -0.2) is 34.4 Å². The third kappa shape index (κ3) is 4.22. The van der Waals surface area contributed by atoms with Crippen molar-refractivity contribution in [2.24, 2.45) is 11.8 Å². The number of carbonyl (C=O) groups is 3. The van der Waals surface area contributed by atoms with E-state index in [2.05, 4.69) is 0 Å². The van der Waals surface area contributed by atoms with E-state index in [4.69, 9.17) is 5.11 Å². The van der Waals surface area contributed by atoms with E-state index in [1.165, 1.54) is 0 Å². The Morgan fingerprint density at radius 2 is 1.94 bits per heavy atom. The second kappa shape index (κ2) is 7.26. The maximum Gasteiger partial charge on any atom is 0.303 e. The predicted molar refractivity (Wildman–Crippen MR) is 64.0 cm³/mol. The van der Waals surface area contributed by atoms with E-state index in [0.717, 1.165) is 19.3 Å². The molecule has 0 saturated heterocycles. The van der Waals surface area contributed by atoms with Gasteiger partial charge in [0.15, 0.2) is 0 Å². The number of aldehydes is 1. The van der Waals surface area contributed by atoms with Crippen LogP contribution in [0.5, 0.6) is 0 Å². The molecule has 102 valence electrons. The lowest BCUT2D eigenvalue weighted by molar-refractivity contribution is -0.137. The van der Waals surface area contributed by atoms with Crippen molar-refractivity contribution >= 4 is 18.0 Å². The van der Waals surface area contributed by atoms with Crippen LogP contribution in [-0.2, 0) is 14.4 Å². The lowest BCUT2D eigenvalue weighted by Gasteiger charge is -2.14. The van der Waals surface area contributed by atoms with Gasteiger partial charge in [-0.1, -0.05) is 19.3 Å². The SMILES string of the molecule is O=C[C@H]1[C@H](O)CC(=O)[C@@H]1CCCCCCC(=O)O. The molecule has 1 saturated carbocycles. The highest BCUT2D eigenvalue weighted by Crippen LogP contribution is 2.31. The molecule has 0 unspecified atom stereocenters. The molecule has 0 bridgehead atoms. The Morgan fingerprint density at radius 3 is 2.56 bits per heavy atom. The van der Waals surface area contributed by atoms with Gasteiger partial charge in [0.1, 0.15) is 12.1 Å². The van der Waals surface area contributed by atoms with Crippen molar-refractivity contribution in [3.8, 4) is 0 Å². The number of rotatable bonds is 8. The number of Topliss-reactive ketones (excluding diaryl/α,β-unsaturated/α-hetero) is 1. The smallest absolute Gasteiger partial charge is 0.303 e. The molecular formula is C13H20O5. The minimum Gasteiger partial charge on any atom is -0.481 e. The molecule has 1 aliphatic carbocycles. The number of carboxylic acid groups (broad SMARTS) is 1. The second-order valence-corrected chi connectivity index (χ2v) is 4.90. The maximum atomic E-state index is 11.6. The Balaban J connectivity index is 2.20. The molecule has 0 amide bonds. The van der Waals surface area contributed by atoms with Crippen LogP contribution in [0, 0.1) is 11.8 Å². The van der Waals surface area contributed by atoms with Gasteiger partial charge in [-0.2, -0.15) is 0 Å². The van der Waals surface area contributed by atoms with Crippen molar-refractivity contribution in [3.63, 3.8) is 0 Å². The fourth-order valence-corrected chi connectivity index (χ4v) is 2.51. The van der Waals surface area contributed by atoms with Gasteiger partial charge in [-0.05, 0) is 12.8 Å². The molecule has 2 N–H and O–H groups in total. The molecule has 0 radical (unpaired) electrons. The van der Waals surface area contributed by atoms with Crippen LogP contribution in [0.2, 0.25) is 0 Å². The Bertz CT molecular complexity index is 313. The number of aliphatic hydroxyl groups is 1. The molecule has 1 aliphatic rings. The average molecular weight is 256 g/mol. The van der Waals surface area contributed by atoms with Gasteiger partial charge in [0.25, 0.3) is 0 Å². The van der Waals surface area contributed by atoms with Crippen LogP contribution in [0.4, 0.5) is 0 Å². The number of aliphatic hydroxyl groups excluding tert-OH is 1. The highest BCUT2D eigenvalue weighted by Gasteiger charge is 2.40. The zero-order valence-electron chi connectivity index (χ0n) is 10.4. The van der Waals surface area contributed by atoms with Gasteiger partial charge in [-0.25, -0.2) is 0 Å². The summed E-state index contributed by atoms with van der Waals surface area (Å²) < 4.78 is 0. The molecule has 0 heterocycles. The van der Waals surface area contributed by atoms with E-state index in [9.17, 15) is 19.5 Å². The molecular weight excluding hydrogens is 236 g/mol. The van der Waals surface area contributed by atoms with E-state index in [1.807, 2.05) is 0 Å². The summed E-state index contributed by atoms with van der Waals surface area (Å²) in [7, 11) is 0. The van der Waals surface area contributed by atoms with Crippen molar-refractivity contribution in [2.75, 3.05) is 0 Å². The molecule has 1 rings (SSSR count). The lowest BCUT2D eigenvalue weighted by atomic mass is 9.90. The number of ketones is 1. The molecule has 3 atom stereocenters. The Hall–Kier alpha value is -1.23. The fourth-order valence-electron chi connectivity index (χ4n) is 2.51. The first kappa shape index (κ1) is 14.8. The average Bonchev–Trinajstić information content (AvgIpc) is 2.57. The fraction of sp³-hybridized carbons (Fsp3) is 0.769. The first-order chi connectivity index (χ1) is 8.56. The van der Waals surface area contributed by atoms with Crippen molar-refractivity contribution in [1.29, 1.82) is 0 Å². The summed E-state index contributed by atoms with van der Waals surface area (Å²) in [5, 5.41) is 18.0. The van der Waals surface area contributed by atoms with Gasteiger partial charge in [-0.15, -0.1) is 0 Å². The molecule has 0 aromatic rings. The van der Waals surface area contributed by atoms with Gasteiger partial charge in [0, 0.05) is 18.8 Å². The highest BCUT2D eigenvalue weighted by molar-refractivity contribution is 5.88. The van der Waals surface area contributed by atoms with E-state index >= 15 is 0 Å². The summed E-state index contributed by atoms with van der Waals surface area (Å²) in [6.07, 6.45) is 3.88. The van der Waals surface area contributed by atoms with Gasteiger partial charge < -0.3 is 15.0 Å². The van der Waals surface area contributed by atoms with Crippen LogP contribution in [0.1, 0.15) is 44.9 Å². The van der Waals surface area contributed by atoms with Crippen molar-refractivity contribution < 1.29 is 24.6 Å². The van der Waals surface area contributed by atoms with E-state index in [-0.39, 0.29) is 24.5 Å². The van der Waals surface area contributed by atoms with Gasteiger partial charge in [-0.3, -0.25) is 9.59 Å². The maximum absolute atomic E-state index is 11.6. The number of carbonyl (C=O) groups excluding carboxylic acids is 2. The normalized spacial score (nSPS) is 27.4. The summed E-state index contributed by atoms with van der Waals surface area (Å²) >= 11 is 0. The monoisotopic (exact) mass is 256 g/mol. The number of unbranched alkanes of at least 4 members (excludes halogenated alkanes) is 3. The van der Waals surface area contributed by atoms with Crippen LogP contribution in [0.25, 0.3) is 0 Å². The summed E-state index contributed by atoms with van der Waals surface area (Å²) in [5.41, 5.74) is 0. The van der Waals surface area contributed by atoms with Gasteiger partial charge >= 0.3 is 5.97 Å². The summed E-state index contributed by atoms with van der Waals surface area (Å²) in [6, 6.07) is 0. The van der Waals surface area contributed by atoms with Crippen LogP contribution < -0.4 is 0 Å². The minimum absolute atomic E-state index is 0.0230. The minimum atomic E-state index is -0.813. The number of carboxylic acids is 1. The standard InChI is InChI=1S/C13H20O5/c14-8-10-9(11(15)7-12(10)16)5-3-1-2-4-6-13(17)18/h8-10,12,16H,1-7H2,(H,17,18)/t9-,10-,12-/m1/s1. The second-order valence-electron chi connectivity index (χ2n) is 4.90. The Morgan fingerprint density at radius 1 is 1.28 bits per heavy atom. The summed E-state index contributed by atoms with van der Waals surface area (Å²) in [4.78, 5) is 32.7. The third-order valence-corrected chi connectivity index (χ3v) is 3.55. The molecule has 0 aliphatic heterocycles. The van der Waals surface area contributed by atoms with Crippen LogP contribution in [0.15, 0.2) is 0 Å². The quantitative estimate of drug-likeness (QED) is 0.502. The topological polar surface area (TPSA) is 91.7 Å². The Kier molecular flexibility index (Phi) is 5.98. The van der Waals surface area contributed by atoms with E-state index in [1.54, 1.807) is 0 Å². The van der Waals surface area contributed by atoms with Gasteiger partial charge in [0.05, 0.1) is 12.0 Å².